The molecule has 0 fully saturated rings. The first-order chi connectivity index (χ1) is 12.9. The van der Waals surface area contributed by atoms with Gasteiger partial charge in [0.05, 0.1) is 4.92 Å². The second-order valence-electron chi connectivity index (χ2n) is 5.66. The number of rotatable bonds is 4. The topological polar surface area (TPSA) is 127 Å². The fourth-order valence-electron chi connectivity index (χ4n) is 2.52. The molecule has 27 heavy (non-hydrogen) atoms. The molecule has 1 amide bonds. The van der Waals surface area contributed by atoms with E-state index in [1.807, 2.05) is 0 Å². The molecule has 0 aliphatic heterocycles. The summed E-state index contributed by atoms with van der Waals surface area (Å²) in [5, 5.41) is 27.2. The van der Waals surface area contributed by atoms with Crippen molar-refractivity contribution in [2.45, 2.75) is 6.92 Å². The van der Waals surface area contributed by atoms with Crippen LogP contribution < -0.4 is 10.7 Å². The van der Waals surface area contributed by atoms with Crippen molar-refractivity contribution in [3.05, 3.63) is 86.3 Å². The minimum absolute atomic E-state index is 0.0537. The van der Waals surface area contributed by atoms with Gasteiger partial charge in [-0.1, -0.05) is 18.2 Å². The third-order valence-electron chi connectivity index (χ3n) is 3.73. The van der Waals surface area contributed by atoms with Crippen LogP contribution in [-0.2, 0) is 0 Å². The molecule has 0 bridgehead atoms. The van der Waals surface area contributed by atoms with Gasteiger partial charge in [0, 0.05) is 29.6 Å². The number of hydrogen-bond donors (Lipinski definition) is 2. The zero-order valence-corrected chi connectivity index (χ0v) is 14.1. The molecule has 9 nitrogen and oxygen atoms in total. The first-order valence-corrected chi connectivity index (χ1v) is 7.82. The van der Waals surface area contributed by atoms with Crippen LogP contribution in [0.2, 0.25) is 0 Å². The minimum Gasteiger partial charge on any atom is -0.508 e. The summed E-state index contributed by atoms with van der Waals surface area (Å²) >= 11 is 0. The summed E-state index contributed by atoms with van der Waals surface area (Å²) in [7, 11) is 0. The van der Waals surface area contributed by atoms with E-state index in [4.69, 9.17) is 0 Å². The van der Waals surface area contributed by atoms with Gasteiger partial charge >= 0.3 is 0 Å². The van der Waals surface area contributed by atoms with Gasteiger partial charge in [-0.3, -0.25) is 19.7 Å². The summed E-state index contributed by atoms with van der Waals surface area (Å²) in [6, 6.07) is 12.9. The van der Waals surface area contributed by atoms with Crippen LogP contribution in [-0.4, -0.2) is 25.7 Å². The number of aromatic nitrogens is 2. The number of nitrogens with zero attached hydrogens (tertiary/aromatic N) is 3. The maximum atomic E-state index is 12.5. The van der Waals surface area contributed by atoms with E-state index in [2.05, 4.69) is 10.4 Å². The minimum atomic E-state index is -0.794. The second kappa shape index (κ2) is 7.08. The Balaban J connectivity index is 2.06. The van der Waals surface area contributed by atoms with Crippen LogP contribution in [0.5, 0.6) is 5.75 Å². The number of carbonyl (C=O) groups excluding carboxylic acids is 1. The van der Waals surface area contributed by atoms with Crippen LogP contribution in [0.25, 0.3) is 5.69 Å². The molecule has 3 aromatic rings. The molecule has 3 rings (SSSR count). The van der Waals surface area contributed by atoms with E-state index in [1.165, 1.54) is 53.2 Å². The van der Waals surface area contributed by atoms with Crippen molar-refractivity contribution in [1.29, 1.82) is 0 Å². The van der Waals surface area contributed by atoms with Gasteiger partial charge < -0.3 is 10.4 Å². The number of nitro benzene ring substituents is 1. The Kier molecular flexibility index (Phi) is 4.67. The van der Waals surface area contributed by atoms with E-state index < -0.39 is 22.0 Å². The molecule has 2 N–H and O–H groups in total. The molecule has 9 heteroatoms. The summed E-state index contributed by atoms with van der Waals surface area (Å²) in [5.74, 6) is -0.847. The van der Waals surface area contributed by atoms with Crippen LogP contribution >= 0.6 is 0 Å². The predicted molar refractivity (Wildman–Crippen MR) is 97.3 cm³/mol. The molecule has 2 aromatic carbocycles. The van der Waals surface area contributed by atoms with Crippen LogP contribution in [0.1, 0.15) is 16.2 Å². The molecule has 0 radical (unpaired) electrons. The fraction of sp³-hybridized carbons (Fsp3) is 0.0556. The molecular weight excluding hydrogens is 352 g/mol. The monoisotopic (exact) mass is 366 g/mol. The van der Waals surface area contributed by atoms with Gasteiger partial charge in [-0.15, -0.1) is 0 Å². The Labute approximate surface area is 152 Å². The van der Waals surface area contributed by atoms with E-state index in [0.29, 0.717) is 5.69 Å². The normalized spacial score (nSPS) is 10.4. The Bertz CT molecular complexity index is 1110. The molecule has 136 valence electrons. The molecule has 0 unspecified atom stereocenters. The van der Waals surface area contributed by atoms with E-state index >= 15 is 0 Å². The van der Waals surface area contributed by atoms with Gasteiger partial charge in [0.25, 0.3) is 11.6 Å². The van der Waals surface area contributed by atoms with Gasteiger partial charge in [-0.25, -0.2) is 4.68 Å². The number of para-hydroxylation sites is 2. The molecule has 0 atom stereocenters. The van der Waals surface area contributed by atoms with E-state index in [1.54, 1.807) is 13.0 Å². The largest absolute Gasteiger partial charge is 0.508 e. The smallest absolute Gasteiger partial charge is 0.294 e. The predicted octanol–water partition coefficient (Wildman–Crippen LogP) is 2.41. The van der Waals surface area contributed by atoms with Gasteiger partial charge in [-0.2, -0.15) is 5.10 Å². The van der Waals surface area contributed by atoms with Crippen molar-refractivity contribution in [1.82, 2.24) is 9.78 Å². The Morgan fingerprint density at radius 3 is 2.63 bits per heavy atom. The highest BCUT2D eigenvalue weighted by Crippen LogP contribution is 2.22. The number of anilines is 1. The van der Waals surface area contributed by atoms with Gasteiger partial charge in [-0.05, 0) is 25.1 Å². The first-order valence-electron chi connectivity index (χ1n) is 7.82. The fourth-order valence-corrected chi connectivity index (χ4v) is 2.52. The molecule has 0 saturated carbocycles. The summed E-state index contributed by atoms with van der Waals surface area (Å²) in [6.07, 6.45) is 0. The van der Waals surface area contributed by atoms with Crippen molar-refractivity contribution in [2.24, 2.45) is 0 Å². The molecule has 0 aliphatic rings. The summed E-state index contributed by atoms with van der Waals surface area (Å²) in [4.78, 5) is 35.4. The van der Waals surface area contributed by atoms with Gasteiger partial charge in [0.1, 0.15) is 11.4 Å². The number of phenols is 1. The molecule has 1 aromatic heterocycles. The van der Waals surface area contributed by atoms with Gasteiger partial charge in [0.2, 0.25) is 5.43 Å². The molecule has 0 spiro atoms. The Morgan fingerprint density at radius 1 is 1.19 bits per heavy atom. The van der Waals surface area contributed by atoms with Crippen LogP contribution in [0.4, 0.5) is 11.4 Å². The number of aromatic hydroxyl groups is 1. The average molecular weight is 366 g/mol. The summed E-state index contributed by atoms with van der Waals surface area (Å²) in [6.45, 7) is 1.56. The number of hydrogen-bond acceptors (Lipinski definition) is 6. The Morgan fingerprint density at radius 2 is 1.93 bits per heavy atom. The quantitative estimate of drug-likeness (QED) is 0.539. The number of nitrogens with one attached hydrogen (secondary N) is 1. The second-order valence-corrected chi connectivity index (χ2v) is 5.66. The molecule has 0 aliphatic carbocycles. The lowest BCUT2D eigenvalue weighted by Gasteiger charge is -2.11. The van der Waals surface area contributed by atoms with Crippen molar-refractivity contribution in [3.63, 3.8) is 0 Å². The van der Waals surface area contributed by atoms with Crippen LogP contribution in [0.15, 0.2) is 59.4 Å². The van der Waals surface area contributed by atoms with Crippen molar-refractivity contribution < 1.29 is 14.8 Å². The summed E-state index contributed by atoms with van der Waals surface area (Å²) < 4.78 is 1.18. The summed E-state index contributed by atoms with van der Waals surface area (Å²) in [5.41, 5.74) is -0.521. The van der Waals surface area contributed by atoms with Crippen molar-refractivity contribution in [2.75, 3.05) is 5.32 Å². The van der Waals surface area contributed by atoms with E-state index in [9.17, 15) is 24.8 Å². The zero-order valence-electron chi connectivity index (χ0n) is 14.1. The molecule has 1 heterocycles. The van der Waals surface area contributed by atoms with Crippen LogP contribution in [0.3, 0.4) is 0 Å². The Hall–Kier alpha value is -4.01. The third-order valence-corrected chi connectivity index (χ3v) is 3.73. The lowest BCUT2D eigenvalue weighted by Crippen LogP contribution is -2.27. The van der Waals surface area contributed by atoms with Crippen molar-refractivity contribution >= 4 is 17.3 Å². The highest BCUT2D eigenvalue weighted by atomic mass is 16.6. The van der Waals surface area contributed by atoms with Crippen LogP contribution in [0, 0.1) is 17.0 Å². The lowest BCUT2D eigenvalue weighted by molar-refractivity contribution is -0.384. The highest BCUT2D eigenvalue weighted by molar-refractivity contribution is 6.02. The first kappa shape index (κ1) is 17.8. The maximum absolute atomic E-state index is 12.5. The highest BCUT2D eigenvalue weighted by Gasteiger charge is 2.20. The molecular formula is C18H14N4O5. The van der Waals surface area contributed by atoms with Crippen molar-refractivity contribution in [3.8, 4) is 11.4 Å². The number of carbonyl (C=O) groups is 1. The standard InChI is InChI=1S/C18H14N4O5/c1-11-9-16(24)17(18(25)19-12-5-4-6-13(23)10-12)20-21(11)14-7-2-3-8-15(14)22(26)27/h2-10,23H,1H3,(H,19,25). The zero-order chi connectivity index (χ0) is 19.6. The van der Waals surface area contributed by atoms with Gasteiger partial charge in [0.15, 0.2) is 5.69 Å². The van der Waals surface area contributed by atoms with E-state index in [-0.39, 0.29) is 22.8 Å². The number of benzene rings is 2. The van der Waals surface area contributed by atoms with E-state index in [0.717, 1.165) is 0 Å². The maximum Gasteiger partial charge on any atom is 0.294 e. The number of aryl methyl sites for hydroxylation is 1. The number of amides is 1. The third kappa shape index (κ3) is 3.66. The lowest BCUT2D eigenvalue weighted by atomic mass is 10.2. The molecule has 0 saturated heterocycles. The SMILES string of the molecule is Cc1cc(=O)c(C(=O)Nc2cccc(O)c2)nn1-c1ccccc1[N+](=O)[O-]. The average Bonchev–Trinajstić information content (AvgIpc) is 2.61. The number of phenolic OH excluding ortho intramolecular Hbond substituents is 1. The number of nitro groups is 1.